The van der Waals surface area contributed by atoms with Gasteiger partial charge >= 0.3 is 0 Å². The SMILES string of the molecule is COc1cncc(NC(=O)c2ccccn2)c1. The van der Waals surface area contributed by atoms with Gasteiger partial charge in [-0.2, -0.15) is 0 Å². The third kappa shape index (κ3) is 2.78. The molecule has 0 saturated carbocycles. The van der Waals surface area contributed by atoms with Gasteiger partial charge in [0.1, 0.15) is 11.4 Å². The number of anilines is 1. The monoisotopic (exact) mass is 229 g/mol. The van der Waals surface area contributed by atoms with Crippen molar-refractivity contribution >= 4 is 11.6 Å². The summed E-state index contributed by atoms with van der Waals surface area (Å²) in [7, 11) is 1.54. The Kier molecular flexibility index (Phi) is 3.30. The molecule has 2 rings (SSSR count). The molecule has 0 atom stereocenters. The van der Waals surface area contributed by atoms with Gasteiger partial charge in [0.15, 0.2) is 0 Å². The molecule has 2 aromatic heterocycles. The Labute approximate surface area is 98.5 Å². The Hall–Kier alpha value is -2.43. The topological polar surface area (TPSA) is 64.1 Å². The number of amides is 1. The highest BCUT2D eigenvalue weighted by Gasteiger charge is 2.07. The number of nitrogens with zero attached hydrogens (tertiary/aromatic N) is 2. The third-order valence-corrected chi connectivity index (χ3v) is 2.10. The van der Waals surface area contributed by atoms with Crippen LogP contribution in [-0.2, 0) is 0 Å². The first kappa shape index (κ1) is 11.1. The molecule has 0 aliphatic carbocycles. The number of carbonyl (C=O) groups excluding carboxylic acids is 1. The van der Waals surface area contributed by atoms with Crippen molar-refractivity contribution in [3.05, 3.63) is 48.5 Å². The summed E-state index contributed by atoms with van der Waals surface area (Å²) in [6.07, 6.45) is 4.68. The number of aromatic nitrogens is 2. The van der Waals surface area contributed by atoms with E-state index < -0.39 is 0 Å². The summed E-state index contributed by atoms with van der Waals surface area (Å²) < 4.78 is 5.01. The summed E-state index contributed by atoms with van der Waals surface area (Å²) in [5.41, 5.74) is 0.926. The lowest BCUT2D eigenvalue weighted by Gasteiger charge is -2.05. The van der Waals surface area contributed by atoms with Gasteiger partial charge in [-0.05, 0) is 12.1 Å². The number of pyridine rings is 2. The number of hydrogen-bond donors (Lipinski definition) is 1. The Morgan fingerprint density at radius 3 is 2.94 bits per heavy atom. The molecule has 5 nitrogen and oxygen atoms in total. The highest BCUT2D eigenvalue weighted by atomic mass is 16.5. The predicted molar refractivity (Wildman–Crippen MR) is 63.0 cm³/mol. The van der Waals surface area contributed by atoms with Crippen LogP contribution in [0.3, 0.4) is 0 Å². The molecule has 86 valence electrons. The van der Waals surface area contributed by atoms with Gasteiger partial charge in [-0.1, -0.05) is 6.07 Å². The first-order chi connectivity index (χ1) is 8.29. The summed E-state index contributed by atoms with van der Waals surface area (Å²) in [4.78, 5) is 19.7. The van der Waals surface area contributed by atoms with Crippen LogP contribution in [0.15, 0.2) is 42.9 Å². The number of nitrogens with one attached hydrogen (secondary N) is 1. The molecule has 2 aromatic rings. The van der Waals surface area contributed by atoms with Crippen molar-refractivity contribution < 1.29 is 9.53 Å². The number of ether oxygens (including phenoxy) is 1. The fourth-order valence-corrected chi connectivity index (χ4v) is 1.29. The second-order valence-electron chi connectivity index (χ2n) is 3.28. The van der Waals surface area contributed by atoms with Gasteiger partial charge < -0.3 is 10.1 Å². The molecule has 1 amide bonds. The fourth-order valence-electron chi connectivity index (χ4n) is 1.29. The first-order valence-electron chi connectivity index (χ1n) is 5.01. The lowest BCUT2D eigenvalue weighted by molar-refractivity contribution is 0.102. The fraction of sp³-hybridized carbons (Fsp3) is 0.0833. The van der Waals surface area contributed by atoms with E-state index in [1.165, 1.54) is 0 Å². The highest BCUT2D eigenvalue weighted by molar-refractivity contribution is 6.02. The van der Waals surface area contributed by atoms with E-state index in [-0.39, 0.29) is 5.91 Å². The van der Waals surface area contributed by atoms with E-state index in [0.717, 1.165) is 0 Å². The van der Waals surface area contributed by atoms with E-state index in [2.05, 4.69) is 15.3 Å². The van der Waals surface area contributed by atoms with E-state index in [4.69, 9.17) is 4.74 Å². The number of hydrogen-bond acceptors (Lipinski definition) is 4. The maximum Gasteiger partial charge on any atom is 0.274 e. The number of rotatable bonds is 3. The molecule has 2 heterocycles. The van der Waals surface area contributed by atoms with Crippen molar-refractivity contribution in [2.45, 2.75) is 0 Å². The van der Waals surface area contributed by atoms with Crippen LogP contribution in [-0.4, -0.2) is 23.0 Å². The second-order valence-corrected chi connectivity index (χ2v) is 3.28. The van der Waals surface area contributed by atoms with E-state index >= 15 is 0 Å². The molecular weight excluding hydrogens is 218 g/mol. The molecule has 0 radical (unpaired) electrons. The zero-order valence-corrected chi connectivity index (χ0v) is 9.25. The summed E-state index contributed by atoms with van der Waals surface area (Å²) in [6, 6.07) is 6.84. The van der Waals surface area contributed by atoms with E-state index in [1.54, 1.807) is 50.0 Å². The molecule has 0 saturated heterocycles. The Balaban J connectivity index is 2.13. The van der Waals surface area contributed by atoms with Crippen molar-refractivity contribution in [3.8, 4) is 5.75 Å². The molecular formula is C12H11N3O2. The van der Waals surface area contributed by atoms with Crippen LogP contribution in [0.1, 0.15) is 10.5 Å². The van der Waals surface area contributed by atoms with Gasteiger partial charge in [0.25, 0.3) is 5.91 Å². The van der Waals surface area contributed by atoms with E-state index in [1.807, 2.05) is 0 Å². The molecule has 0 aliphatic heterocycles. The van der Waals surface area contributed by atoms with Crippen LogP contribution in [0, 0.1) is 0 Å². The lowest BCUT2D eigenvalue weighted by Crippen LogP contribution is -2.13. The van der Waals surface area contributed by atoms with E-state index in [0.29, 0.717) is 17.1 Å². The van der Waals surface area contributed by atoms with Crippen LogP contribution in [0.4, 0.5) is 5.69 Å². The van der Waals surface area contributed by atoms with Gasteiger partial charge in [-0.25, -0.2) is 0 Å². The molecule has 0 aliphatic rings. The lowest BCUT2D eigenvalue weighted by atomic mass is 10.3. The zero-order valence-electron chi connectivity index (χ0n) is 9.25. The van der Waals surface area contributed by atoms with Gasteiger partial charge in [0.05, 0.1) is 25.2 Å². The van der Waals surface area contributed by atoms with Crippen LogP contribution < -0.4 is 10.1 Å². The number of methoxy groups -OCH3 is 1. The zero-order chi connectivity index (χ0) is 12.1. The van der Waals surface area contributed by atoms with Gasteiger partial charge in [-0.15, -0.1) is 0 Å². The summed E-state index contributed by atoms with van der Waals surface area (Å²) in [5, 5.41) is 2.69. The second kappa shape index (κ2) is 5.07. The minimum Gasteiger partial charge on any atom is -0.495 e. The molecule has 0 bridgehead atoms. The van der Waals surface area contributed by atoms with Crippen molar-refractivity contribution in [3.63, 3.8) is 0 Å². The quantitative estimate of drug-likeness (QED) is 0.870. The summed E-state index contributed by atoms with van der Waals surface area (Å²) in [6.45, 7) is 0. The van der Waals surface area contributed by atoms with Crippen molar-refractivity contribution in [2.24, 2.45) is 0 Å². The standard InChI is InChI=1S/C12H11N3O2/c1-17-10-6-9(7-13-8-10)15-12(16)11-4-2-3-5-14-11/h2-8H,1H3,(H,15,16). The van der Waals surface area contributed by atoms with Gasteiger partial charge in [0.2, 0.25) is 0 Å². The predicted octanol–water partition coefficient (Wildman–Crippen LogP) is 1.74. The van der Waals surface area contributed by atoms with Crippen molar-refractivity contribution in [1.29, 1.82) is 0 Å². The summed E-state index contributed by atoms with van der Waals surface area (Å²) >= 11 is 0. The Bertz CT molecular complexity index is 514. The Morgan fingerprint density at radius 2 is 2.24 bits per heavy atom. The van der Waals surface area contributed by atoms with Crippen LogP contribution in [0.5, 0.6) is 5.75 Å². The van der Waals surface area contributed by atoms with Crippen molar-refractivity contribution in [2.75, 3.05) is 12.4 Å². The normalized spacial score (nSPS) is 9.71. The maximum absolute atomic E-state index is 11.8. The Morgan fingerprint density at radius 1 is 1.35 bits per heavy atom. The van der Waals surface area contributed by atoms with Crippen LogP contribution >= 0.6 is 0 Å². The molecule has 5 heteroatoms. The average Bonchev–Trinajstić information content (AvgIpc) is 2.40. The molecule has 17 heavy (non-hydrogen) atoms. The highest BCUT2D eigenvalue weighted by Crippen LogP contribution is 2.15. The molecule has 0 fully saturated rings. The molecule has 0 aromatic carbocycles. The van der Waals surface area contributed by atoms with Crippen LogP contribution in [0.2, 0.25) is 0 Å². The molecule has 1 N–H and O–H groups in total. The van der Waals surface area contributed by atoms with Crippen LogP contribution in [0.25, 0.3) is 0 Å². The van der Waals surface area contributed by atoms with Gasteiger partial charge in [-0.3, -0.25) is 14.8 Å². The average molecular weight is 229 g/mol. The summed E-state index contributed by atoms with van der Waals surface area (Å²) in [5.74, 6) is 0.310. The minimum atomic E-state index is -0.277. The molecule has 0 unspecified atom stereocenters. The maximum atomic E-state index is 11.8. The molecule has 0 spiro atoms. The third-order valence-electron chi connectivity index (χ3n) is 2.10. The van der Waals surface area contributed by atoms with E-state index in [9.17, 15) is 4.79 Å². The largest absolute Gasteiger partial charge is 0.495 e. The van der Waals surface area contributed by atoms with Gasteiger partial charge in [0, 0.05) is 12.3 Å². The number of carbonyl (C=O) groups is 1. The smallest absolute Gasteiger partial charge is 0.274 e. The minimum absolute atomic E-state index is 0.277. The van der Waals surface area contributed by atoms with Crippen molar-refractivity contribution in [1.82, 2.24) is 9.97 Å². The first-order valence-corrected chi connectivity index (χ1v) is 5.01.